The summed E-state index contributed by atoms with van der Waals surface area (Å²) in [5, 5.41) is 3.19. The van der Waals surface area contributed by atoms with E-state index in [2.05, 4.69) is 5.32 Å². The Bertz CT molecular complexity index is 655. The first-order valence-electron chi connectivity index (χ1n) is 8.47. The molecule has 3 rings (SSSR count). The van der Waals surface area contributed by atoms with Gasteiger partial charge < -0.3 is 15.0 Å². The Labute approximate surface area is 143 Å². The molecule has 0 bridgehead atoms. The highest BCUT2D eigenvalue weighted by Crippen LogP contribution is 2.19. The van der Waals surface area contributed by atoms with Crippen LogP contribution in [0.25, 0.3) is 0 Å². The maximum absolute atomic E-state index is 12.6. The van der Waals surface area contributed by atoms with Crippen molar-refractivity contribution >= 4 is 5.91 Å². The third-order valence-corrected chi connectivity index (χ3v) is 4.42. The molecule has 24 heavy (non-hydrogen) atoms. The zero-order valence-electron chi connectivity index (χ0n) is 14.1. The monoisotopic (exact) mass is 324 g/mol. The first-order chi connectivity index (χ1) is 11.8. The van der Waals surface area contributed by atoms with Crippen molar-refractivity contribution in [1.29, 1.82) is 0 Å². The molecule has 1 N–H and O–H groups in total. The summed E-state index contributed by atoms with van der Waals surface area (Å²) in [5.74, 6) is 1.55. The molecule has 2 aromatic carbocycles. The molecule has 1 aliphatic heterocycles. The number of carbonyl (C=O) groups excluding carboxylic acids is 1. The lowest BCUT2D eigenvalue weighted by molar-refractivity contribution is 0.0787. The maximum atomic E-state index is 12.6. The van der Waals surface area contributed by atoms with Gasteiger partial charge in [-0.3, -0.25) is 4.79 Å². The van der Waals surface area contributed by atoms with E-state index in [-0.39, 0.29) is 5.91 Å². The topological polar surface area (TPSA) is 41.6 Å². The number of rotatable bonds is 6. The van der Waals surface area contributed by atoms with E-state index in [1.165, 1.54) is 0 Å². The SMILES string of the molecule is CNCC1CCN(C(=O)c2ccc(COc3ccccc3)cc2)C1. The van der Waals surface area contributed by atoms with E-state index in [4.69, 9.17) is 4.74 Å². The van der Waals surface area contributed by atoms with Crippen LogP contribution in [0.5, 0.6) is 5.75 Å². The van der Waals surface area contributed by atoms with E-state index in [9.17, 15) is 4.79 Å². The average Bonchev–Trinajstić information content (AvgIpc) is 3.10. The Balaban J connectivity index is 1.55. The van der Waals surface area contributed by atoms with Crippen molar-refractivity contribution in [3.8, 4) is 5.75 Å². The largest absolute Gasteiger partial charge is 0.489 e. The van der Waals surface area contributed by atoms with Gasteiger partial charge in [0.15, 0.2) is 0 Å². The third-order valence-electron chi connectivity index (χ3n) is 4.42. The van der Waals surface area contributed by atoms with Crippen molar-refractivity contribution in [2.24, 2.45) is 5.92 Å². The fraction of sp³-hybridized carbons (Fsp3) is 0.350. The lowest BCUT2D eigenvalue weighted by Gasteiger charge is -2.17. The Hall–Kier alpha value is -2.33. The van der Waals surface area contributed by atoms with Crippen LogP contribution in [0.2, 0.25) is 0 Å². The second-order valence-electron chi connectivity index (χ2n) is 6.26. The van der Waals surface area contributed by atoms with Crippen molar-refractivity contribution in [2.45, 2.75) is 13.0 Å². The molecule has 1 heterocycles. The molecule has 1 fully saturated rings. The highest BCUT2D eigenvalue weighted by molar-refractivity contribution is 5.94. The summed E-state index contributed by atoms with van der Waals surface area (Å²) >= 11 is 0. The van der Waals surface area contributed by atoms with Crippen molar-refractivity contribution in [1.82, 2.24) is 10.2 Å². The molecule has 126 valence electrons. The molecule has 2 aromatic rings. The molecular formula is C20H24N2O2. The fourth-order valence-electron chi connectivity index (χ4n) is 3.08. The van der Waals surface area contributed by atoms with Gasteiger partial charge in [-0.2, -0.15) is 0 Å². The summed E-state index contributed by atoms with van der Waals surface area (Å²) < 4.78 is 5.73. The van der Waals surface area contributed by atoms with Gasteiger partial charge in [0.1, 0.15) is 12.4 Å². The summed E-state index contributed by atoms with van der Waals surface area (Å²) in [4.78, 5) is 14.5. The number of para-hydroxylation sites is 1. The first-order valence-corrected chi connectivity index (χ1v) is 8.47. The van der Waals surface area contributed by atoms with Crippen LogP contribution in [0.1, 0.15) is 22.3 Å². The molecule has 0 aromatic heterocycles. The number of nitrogens with zero attached hydrogens (tertiary/aromatic N) is 1. The predicted octanol–water partition coefficient (Wildman–Crippen LogP) is 2.95. The number of amides is 1. The zero-order valence-corrected chi connectivity index (χ0v) is 14.1. The molecule has 0 aliphatic carbocycles. The van der Waals surface area contributed by atoms with Gasteiger partial charge in [-0.15, -0.1) is 0 Å². The second-order valence-corrected chi connectivity index (χ2v) is 6.26. The Morgan fingerprint density at radius 3 is 2.62 bits per heavy atom. The van der Waals surface area contributed by atoms with E-state index < -0.39 is 0 Å². The summed E-state index contributed by atoms with van der Waals surface area (Å²) in [6, 6.07) is 17.5. The van der Waals surface area contributed by atoms with Gasteiger partial charge in [-0.25, -0.2) is 0 Å². The van der Waals surface area contributed by atoms with E-state index in [0.717, 1.165) is 42.9 Å². The molecule has 1 aliphatic rings. The molecule has 0 saturated carbocycles. The van der Waals surface area contributed by atoms with E-state index in [1.807, 2.05) is 66.5 Å². The quantitative estimate of drug-likeness (QED) is 0.888. The second kappa shape index (κ2) is 7.97. The Morgan fingerprint density at radius 1 is 1.17 bits per heavy atom. The zero-order chi connectivity index (χ0) is 16.8. The molecule has 1 saturated heterocycles. The van der Waals surface area contributed by atoms with Crippen LogP contribution < -0.4 is 10.1 Å². The molecular weight excluding hydrogens is 300 g/mol. The predicted molar refractivity (Wildman–Crippen MR) is 95.2 cm³/mol. The highest BCUT2D eigenvalue weighted by Gasteiger charge is 2.26. The summed E-state index contributed by atoms with van der Waals surface area (Å²) in [6.45, 7) is 3.18. The van der Waals surface area contributed by atoms with Crippen molar-refractivity contribution in [2.75, 3.05) is 26.7 Å². The smallest absolute Gasteiger partial charge is 0.253 e. The van der Waals surface area contributed by atoms with Gasteiger partial charge >= 0.3 is 0 Å². The minimum absolute atomic E-state index is 0.129. The standard InChI is InChI=1S/C20H24N2O2/c1-21-13-17-11-12-22(14-17)20(23)18-9-7-16(8-10-18)15-24-19-5-3-2-4-6-19/h2-10,17,21H,11-15H2,1H3. The molecule has 4 nitrogen and oxygen atoms in total. The third kappa shape index (κ3) is 4.15. The van der Waals surface area contributed by atoms with Crippen LogP contribution >= 0.6 is 0 Å². The van der Waals surface area contributed by atoms with Gasteiger partial charge in [-0.1, -0.05) is 30.3 Å². The summed E-state index contributed by atoms with van der Waals surface area (Å²) in [7, 11) is 1.96. The number of hydrogen-bond donors (Lipinski definition) is 1. The van der Waals surface area contributed by atoms with Gasteiger partial charge in [-0.05, 0) is 55.8 Å². The van der Waals surface area contributed by atoms with Gasteiger partial charge in [0.05, 0.1) is 0 Å². The van der Waals surface area contributed by atoms with Crippen molar-refractivity contribution in [3.05, 3.63) is 65.7 Å². The van der Waals surface area contributed by atoms with Gasteiger partial charge in [0.2, 0.25) is 0 Å². The van der Waals surface area contributed by atoms with Crippen molar-refractivity contribution < 1.29 is 9.53 Å². The van der Waals surface area contributed by atoms with Gasteiger partial charge in [0.25, 0.3) is 5.91 Å². The summed E-state index contributed by atoms with van der Waals surface area (Å²) in [5.41, 5.74) is 1.81. The molecule has 0 spiro atoms. The van der Waals surface area contributed by atoms with Gasteiger partial charge in [0, 0.05) is 18.7 Å². The number of hydrogen-bond acceptors (Lipinski definition) is 3. The minimum atomic E-state index is 0.129. The molecule has 1 atom stereocenters. The molecule has 1 unspecified atom stereocenters. The molecule has 1 amide bonds. The molecule has 0 radical (unpaired) electrons. The van der Waals surface area contributed by atoms with Crippen LogP contribution in [0.4, 0.5) is 0 Å². The van der Waals surface area contributed by atoms with E-state index >= 15 is 0 Å². The lowest BCUT2D eigenvalue weighted by atomic mass is 10.1. The van der Waals surface area contributed by atoms with Crippen LogP contribution in [0.15, 0.2) is 54.6 Å². The number of likely N-dealkylation sites (tertiary alicyclic amines) is 1. The Kier molecular flexibility index (Phi) is 5.49. The fourth-order valence-corrected chi connectivity index (χ4v) is 3.08. The highest BCUT2D eigenvalue weighted by atomic mass is 16.5. The van der Waals surface area contributed by atoms with Crippen LogP contribution in [0.3, 0.4) is 0 Å². The first kappa shape index (κ1) is 16.5. The number of benzene rings is 2. The number of nitrogens with one attached hydrogen (secondary N) is 1. The molecule has 4 heteroatoms. The number of carbonyl (C=O) groups is 1. The van der Waals surface area contributed by atoms with Crippen LogP contribution in [0, 0.1) is 5.92 Å². The van der Waals surface area contributed by atoms with Crippen LogP contribution in [-0.4, -0.2) is 37.5 Å². The minimum Gasteiger partial charge on any atom is -0.489 e. The van der Waals surface area contributed by atoms with E-state index in [0.29, 0.717) is 12.5 Å². The lowest BCUT2D eigenvalue weighted by Crippen LogP contribution is -2.30. The maximum Gasteiger partial charge on any atom is 0.253 e. The summed E-state index contributed by atoms with van der Waals surface area (Å²) in [6.07, 6.45) is 1.08. The van der Waals surface area contributed by atoms with E-state index in [1.54, 1.807) is 0 Å². The number of ether oxygens (including phenoxy) is 1. The van der Waals surface area contributed by atoms with Crippen molar-refractivity contribution in [3.63, 3.8) is 0 Å². The van der Waals surface area contributed by atoms with Crippen LogP contribution in [-0.2, 0) is 6.61 Å². The normalized spacial score (nSPS) is 17.0. The average molecular weight is 324 g/mol. The Morgan fingerprint density at radius 2 is 1.92 bits per heavy atom.